The van der Waals surface area contributed by atoms with Crippen LogP contribution in [-0.4, -0.2) is 27.7 Å². The molecule has 27 heavy (non-hydrogen) atoms. The first-order valence-corrected chi connectivity index (χ1v) is 8.59. The number of rotatable bonds is 6. The van der Waals surface area contributed by atoms with Crippen LogP contribution in [-0.2, 0) is 6.54 Å². The zero-order valence-electron chi connectivity index (χ0n) is 14.8. The van der Waals surface area contributed by atoms with Gasteiger partial charge >= 0.3 is 0 Å². The van der Waals surface area contributed by atoms with E-state index >= 15 is 0 Å². The molecule has 138 valence electrons. The van der Waals surface area contributed by atoms with Gasteiger partial charge in [-0.15, -0.1) is 0 Å². The number of hydrogen-bond donors (Lipinski definition) is 0. The van der Waals surface area contributed by atoms with Crippen LogP contribution in [0.2, 0.25) is 0 Å². The highest BCUT2D eigenvalue weighted by Crippen LogP contribution is 2.17. The third-order valence-electron chi connectivity index (χ3n) is 4.42. The largest absolute Gasteiger partial charge is 0.495 e. The number of nitrogens with zero attached hydrogens (tertiary/aromatic N) is 3. The van der Waals surface area contributed by atoms with E-state index in [2.05, 4.69) is 4.98 Å². The first-order chi connectivity index (χ1) is 13.2. The SMILES string of the molecule is COc1ccc(OCCCn2c(=O)c3cccn3c3ccc(F)cc32)nc1. The molecule has 3 aromatic heterocycles. The zero-order valence-corrected chi connectivity index (χ0v) is 14.8. The Balaban J connectivity index is 1.56. The highest BCUT2D eigenvalue weighted by Gasteiger charge is 2.11. The molecule has 4 rings (SSSR count). The van der Waals surface area contributed by atoms with Gasteiger partial charge in [0.05, 0.1) is 30.9 Å². The maximum absolute atomic E-state index is 13.8. The Morgan fingerprint density at radius 2 is 2.00 bits per heavy atom. The molecule has 6 nitrogen and oxygen atoms in total. The maximum Gasteiger partial charge on any atom is 0.275 e. The summed E-state index contributed by atoms with van der Waals surface area (Å²) in [4.78, 5) is 16.9. The lowest BCUT2D eigenvalue weighted by atomic mass is 10.2. The standard InChI is InChI=1S/C20H18FN3O3/c1-26-15-6-8-19(22-13-15)27-11-3-10-24-18-12-14(21)5-7-16(18)23-9-2-4-17(23)20(24)25/h2,4-9,12-13H,3,10-11H2,1H3. The summed E-state index contributed by atoms with van der Waals surface area (Å²) in [6.45, 7) is 0.797. The van der Waals surface area contributed by atoms with E-state index in [9.17, 15) is 9.18 Å². The topological polar surface area (TPSA) is 57.8 Å². The minimum absolute atomic E-state index is 0.152. The van der Waals surface area contributed by atoms with Gasteiger partial charge in [0.1, 0.15) is 17.1 Å². The first-order valence-electron chi connectivity index (χ1n) is 8.59. The van der Waals surface area contributed by atoms with Crippen LogP contribution < -0.4 is 15.0 Å². The minimum atomic E-state index is -0.374. The number of methoxy groups -OCH3 is 1. The monoisotopic (exact) mass is 367 g/mol. The van der Waals surface area contributed by atoms with Gasteiger partial charge in [0.15, 0.2) is 0 Å². The summed E-state index contributed by atoms with van der Waals surface area (Å²) in [5, 5.41) is 0. The van der Waals surface area contributed by atoms with Gasteiger partial charge < -0.3 is 18.4 Å². The van der Waals surface area contributed by atoms with Crippen LogP contribution in [0.1, 0.15) is 6.42 Å². The lowest BCUT2D eigenvalue weighted by Gasteiger charge is -2.13. The molecule has 1 aromatic carbocycles. The number of hydrogen-bond acceptors (Lipinski definition) is 4. The molecule has 0 aliphatic heterocycles. The smallest absolute Gasteiger partial charge is 0.275 e. The molecule has 0 bridgehead atoms. The Bertz CT molecular complexity index is 1150. The van der Waals surface area contributed by atoms with Gasteiger partial charge in [-0.05, 0) is 42.8 Å². The van der Waals surface area contributed by atoms with Crippen molar-refractivity contribution in [1.82, 2.24) is 14.0 Å². The molecule has 0 N–H and O–H groups in total. The molecule has 0 radical (unpaired) electrons. The normalized spacial score (nSPS) is 11.2. The van der Waals surface area contributed by atoms with Crippen molar-refractivity contribution in [1.29, 1.82) is 0 Å². The van der Waals surface area contributed by atoms with E-state index in [1.54, 1.807) is 52.7 Å². The molecular weight excluding hydrogens is 349 g/mol. The molecule has 0 atom stereocenters. The van der Waals surface area contributed by atoms with Crippen molar-refractivity contribution in [3.63, 3.8) is 0 Å². The Hall–Kier alpha value is -3.35. The van der Waals surface area contributed by atoms with E-state index in [-0.39, 0.29) is 11.4 Å². The van der Waals surface area contributed by atoms with Gasteiger partial charge in [0, 0.05) is 18.8 Å². The predicted molar refractivity (Wildman–Crippen MR) is 100 cm³/mol. The summed E-state index contributed by atoms with van der Waals surface area (Å²) in [5.74, 6) is 0.768. The van der Waals surface area contributed by atoms with Crippen LogP contribution in [0.4, 0.5) is 4.39 Å². The van der Waals surface area contributed by atoms with E-state index < -0.39 is 0 Å². The summed E-state index contributed by atoms with van der Waals surface area (Å²) in [7, 11) is 1.57. The molecule has 0 saturated heterocycles. The molecule has 0 aliphatic carbocycles. The molecule has 0 saturated carbocycles. The van der Waals surface area contributed by atoms with Crippen molar-refractivity contribution < 1.29 is 13.9 Å². The molecule has 0 aliphatic rings. The van der Waals surface area contributed by atoms with Crippen molar-refractivity contribution >= 4 is 16.6 Å². The lowest BCUT2D eigenvalue weighted by molar-refractivity contribution is 0.290. The fraction of sp³-hybridized carbons (Fsp3) is 0.200. The quantitative estimate of drug-likeness (QED) is 0.491. The number of ether oxygens (including phenoxy) is 2. The molecule has 3 heterocycles. The van der Waals surface area contributed by atoms with Gasteiger partial charge in [0.25, 0.3) is 5.56 Å². The van der Waals surface area contributed by atoms with Crippen LogP contribution in [0, 0.1) is 5.82 Å². The van der Waals surface area contributed by atoms with E-state index in [1.807, 2.05) is 6.07 Å². The predicted octanol–water partition coefficient (Wildman–Crippen LogP) is 3.27. The average Bonchev–Trinajstić information content (AvgIpc) is 3.18. The lowest BCUT2D eigenvalue weighted by Crippen LogP contribution is -2.23. The highest BCUT2D eigenvalue weighted by molar-refractivity contribution is 5.79. The maximum atomic E-state index is 13.8. The van der Waals surface area contributed by atoms with Crippen LogP contribution in [0.3, 0.4) is 0 Å². The number of aryl methyl sites for hydroxylation is 1. The molecule has 7 heteroatoms. The zero-order chi connectivity index (χ0) is 18.8. The van der Waals surface area contributed by atoms with Crippen LogP contribution in [0.5, 0.6) is 11.6 Å². The van der Waals surface area contributed by atoms with Crippen LogP contribution in [0.15, 0.2) is 59.7 Å². The summed E-state index contributed by atoms with van der Waals surface area (Å²) >= 11 is 0. The van der Waals surface area contributed by atoms with Crippen molar-refractivity contribution in [2.24, 2.45) is 0 Å². The number of fused-ring (bicyclic) bond motifs is 3. The van der Waals surface area contributed by atoms with Crippen molar-refractivity contribution in [2.45, 2.75) is 13.0 Å². The average molecular weight is 367 g/mol. The molecule has 0 fully saturated rings. The summed E-state index contributed by atoms with van der Waals surface area (Å²) in [6.07, 6.45) is 3.96. The fourth-order valence-corrected chi connectivity index (χ4v) is 3.12. The van der Waals surface area contributed by atoms with E-state index in [0.29, 0.717) is 42.2 Å². The summed E-state index contributed by atoms with van der Waals surface area (Å²) in [5.41, 5.74) is 1.76. The first kappa shape index (κ1) is 17.1. The molecular formula is C20H18FN3O3. The Kier molecular flexibility index (Phi) is 4.50. The van der Waals surface area contributed by atoms with Gasteiger partial charge in [-0.25, -0.2) is 9.37 Å². The molecule has 0 unspecified atom stereocenters. The summed E-state index contributed by atoms with van der Waals surface area (Å²) in [6, 6.07) is 11.5. The second-order valence-corrected chi connectivity index (χ2v) is 6.09. The van der Waals surface area contributed by atoms with Gasteiger partial charge in [-0.1, -0.05) is 0 Å². The number of pyridine rings is 1. The fourth-order valence-electron chi connectivity index (χ4n) is 3.12. The van der Waals surface area contributed by atoms with Gasteiger partial charge in [-0.3, -0.25) is 4.79 Å². The molecule has 0 spiro atoms. The Morgan fingerprint density at radius 1 is 1.11 bits per heavy atom. The number of benzene rings is 1. The van der Waals surface area contributed by atoms with Crippen LogP contribution >= 0.6 is 0 Å². The third kappa shape index (κ3) is 3.23. The van der Waals surface area contributed by atoms with Crippen LogP contribution in [0.25, 0.3) is 16.6 Å². The summed E-state index contributed by atoms with van der Waals surface area (Å²) < 4.78 is 27.8. The molecule has 0 amide bonds. The minimum Gasteiger partial charge on any atom is -0.495 e. The second-order valence-electron chi connectivity index (χ2n) is 6.09. The Morgan fingerprint density at radius 3 is 2.78 bits per heavy atom. The number of aromatic nitrogens is 3. The third-order valence-corrected chi connectivity index (χ3v) is 4.42. The van der Waals surface area contributed by atoms with Gasteiger partial charge in [-0.2, -0.15) is 0 Å². The second kappa shape index (κ2) is 7.11. The van der Waals surface area contributed by atoms with E-state index in [0.717, 1.165) is 5.52 Å². The Labute approximate surface area is 154 Å². The van der Waals surface area contributed by atoms with Crippen molar-refractivity contribution in [2.75, 3.05) is 13.7 Å². The van der Waals surface area contributed by atoms with E-state index in [1.165, 1.54) is 12.1 Å². The molecule has 4 aromatic rings. The highest BCUT2D eigenvalue weighted by atomic mass is 19.1. The van der Waals surface area contributed by atoms with Gasteiger partial charge in [0.2, 0.25) is 5.88 Å². The van der Waals surface area contributed by atoms with Crippen molar-refractivity contribution in [3.05, 3.63) is 71.0 Å². The van der Waals surface area contributed by atoms with E-state index in [4.69, 9.17) is 9.47 Å². The van der Waals surface area contributed by atoms with Crippen molar-refractivity contribution in [3.8, 4) is 11.6 Å². The number of halogens is 1.